The van der Waals surface area contributed by atoms with E-state index in [-0.39, 0.29) is 40.9 Å². The van der Waals surface area contributed by atoms with Gasteiger partial charge in [-0.15, -0.1) is 0 Å². The molecule has 22 heavy (non-hydrogen) atoms. The predicted molar refractivity (Wildman–Crippen MR) is 85.1 cm³/mol. The summed E-state index contributed by atoms with van der Waals surface area (Å²) >= 11 is 4.82. The summed E-state index contributed by atoms with van der Waals surface area (Å²) in [5.74, 6) is -0.626. The highest BCUT2D eigenvalue weighted by Gasteiger charge is 2.32. The number of nitrogens with one attached hydrogen (secondary N) is 1. The molecule has 1 aliphatic heterocycles. The lowest BCUT2D eigenvalue weighted by Gasteiger charge is -2.31. The fraction of sp³-hybridized carbons (Fsp3) is 0.846. The summed E-state index contributed by atoms with van der Waals surface area (Å²) in [5, 5.41) is 2.87. The van der Waals surface area contributed by atoms with Crippen LogP contribution in [0.5, 0.6) is 0 Å². The van der Waals surface area contributed by atoms with E-state index >= 15 is 0 Å². The van der Waals surface area contributed by atoms with Crippen molar-refractivity contribution in [2.45, 2.75) is 52.2 Å². The molecule has 9 heteroatoms. The minimum Gasteiger partial charge on any atom is -0.453 e. The molecule has 1 fully saturated rings. The Hall–Kier alpha value is -0.930. The smallest absolute Gasteiger partial charge is 0.352 e. The van der Waals surface area contributed by atoms with Gasteiger partial charge >= 0.3 is 5.24 Å². The van der Waals surface area contributed by atoms with Crippen molar-refractivity contribution >= 4 is 33.5 Å². The van der Waals surface area contributed by atoms with Crippen molar-refractivity contribution in [1.82, 2.24) is 5.32 Å². The number of thiocarbonyl (C=S) groups is 1. The van der Waals surface area contributed by atoms with E-state index in [1.165, 1.54) is 6.92 Å². The molecule has 1 rings (SSSR count). The van der Waals surface area contributed by atoms with Gasteiger partial charge in [0.2, 0.25) is 5.91 Å². The van der Waals surface area contributed by atoms with Gasteiger partial charge in [-0.1, -0.05) is 13.8 Å². The van der Waals surface area contributed by atoms with Crippen molar-refractivity contribution in [2.24, 2.45) is 5.41 Å². The van der Waals surface area contributed by atoms with Crippen LogP contribution in [0.4, 0.5) is 0 Å². The van der Waals surface area contributed by atoms with Crippen molar-refractivity contribution in [1.29, 1.82) is 0 Å². The lowest BCUT2D eigenvalue weighted by atomic mass is 9.80. The molecule has 1 amide bonds. The van der Waals surface area contributed by atoms with E-state index in [4.69, 9.17) is 26.2 Å². The monoisotopic (exact) mass is 353 g/mol. The second kappa shape index (κ2) is 7.56. The predicted octanol–water partition coefficient (Wildman–Crippen LogP) is 1.28. The Balaban J connectivity index is 2.61. The van der Waals surface area contributed by atoms with Crippen molar-refractivity contribution in [2.75, 3.05) is 12.4 Å². The molecule has 2 atom stereocenters. The summed E-state index contributed by atoms with van der Waals surface area (Å²) in [6.07, 6.45) is 1.23. The number of rotatable bonds is 8. The van der Waals surface area contributed by atoms with Crippen LogP contribution in [0.2, 0.25) is 0 Å². The van der Waals surface area contributed by atoms with Crippen molar-refractivity contribution < 1.29 is 27.2 Å². The maximum Gasteiger partial charge on any atom is 0.352 e. The molecule has 0 aromatic rings. The molecule has 2 N–H and O–H groups in total. The van der Waals surface area contributed by atoms with Crippen molar-refractivity contribution in [3.05, 3.63) is 0 Å². The fourth-order valence-corrected chi connectivity index (χ4v) is 3.42. The average molecular weight is 353 g/mol. The number of ether oxygens (including phenoxy) is 2. The van der Waals surface area contributed by atoms with Crippen LogP contribution in [0.1, 0.15) is 40.0 Å². The first kappa shape index (κ1) is 19.1. The third-order valence-corrected chi connectivity index (χ3v) is 4.33. The van der Waals surface area contributed by atoms with Crippen LogP contribution in [0, 0.1) is 5.41 Å². The van der Waals surface area contributed by atoms with Crippen LogP contribution in [-0.2, 0) is 24.4 Å². The molecule has 1 saturated heterocycles. The van der Waals surface area contributed by atoms with Gasteiger partial charge in [-0.3, -0.25) is 9.35 Å². The summed E-state index contributed by atoms with van der Waals surface area (Å²) < 4.78 is 41.1. The molecule has 1 aliphatic rings. The lowest BCUT2D eigenvalue weighted by Crippen LogP contribution is -2.39. The van der Waals surface area contributed by atoms with Crippen LogP contribution in [0.3, 0.4) is 0 Å². The second-order valence-corrected chi connectivity index (χ2v) is 8.25. The zero-order valence-corrected chi connectivity index (χ0v) is 14.6. The summed E-state index contributed by atoms with van der Waals surface area (Å²) in [6.45, 7) is 5.78. The molecule has 128 valence electrons. The summed E-state index contributed by atoms with van der Waals surface area (Å²) in [7, 11) is -4.05. The number of amides is 1. The van der Waals surface area contributed by atoms with Gasteiger partial charge in [0.1, 0.15) is 12.7 Å². The molecule has 0 saturated carbocycles. The highest BCUT2D eigenvalue weighted by Crippen LogP contribution is 2.32. The van der Waals surface area contributed by atoms with Gasteiger partial charge in [-0.2, -0.15) is 8.42 Å². The third kappa shape index (κ3) is 7.90. The van der Waals surface area contributed by atoms with Crippen LogP contribution >= 0.6 is 12.2 Å². The Morgan fingerprint density at radius 2 is 2.18 bits per heavy atom. The van der Waals surface area contributed by atoms with Crippen LogP contribution in [-0.4, -0.2) is 48.6 Å². The molecule has 0 bridgehead atoms. The van der Waals surface area contributed by atoms with E-state index in [0.29, 0.717) is 19.4 Å². The molecule has 0 aromatic carbocycles. The lowest BCUT2D eigenvalue weighted by molar-refractivity contribution is -0.119. The molecule has 7 nitrogen and oxygen atoms in total. The highest BCUT2D eigenvalue weighted by molar-refractivity contribution is 7.85. The SMILES string of the molecule is CC(=O)NC(CCS(=O)(=O)O)CC(C)(C)CC1COC(=S)O1. The molecule has 0 aromatic heterocycles. The first-order valence-corrected chi connectivity index (χ1v) is 9.04. The Labute approximate surface area is 136 Å². The first-order chi connectivity index (χ1) is 9.97. The maximum absolute atomic E-state index is 11.3. The Morgan fingerprint density at radius 3 is 2.64 bits per heavy atom. The molecule has 1 heterocycles. The number of hydrogen-bond acceptors (Lipinski definition) is 6. The fourth-order valence-electron chi connectivity index (χ4n) is 2.64. The maximum atomic E-state index is 11.3. The average Bonchev–Trinajstić information content (AvgIpc) is 2.68. The van der Waals surface area contributed by atoms with Gasteiger partial charge in [0, 0.05) is 25.2 Å². The van der Waals surface area contributed by atoms with Crippen LogP contribution < -0.4 is 5.32 Å². The topological polar surface area (TPSA) is 102 Å². The number of carbonyl (C=O) groups is 1. The summed E-state index contributed by atoms with van der Waals surface area (Å²) in [6, 6.07) is -0.344. The largest absolute Gasteiger partial charge is 0.453 e. The number of carbonyl (C=O) groups excluding carboxylic acids is 1. The van der Waals surface area contributed by atoms with E-state index < -0.39 is 10.1 Å². The first-order valence-electron chi connectivity index (χ1n) is 7.02. The van der Waals surface area contributed by atoms with Crippen LogP contribution in [0.25, 0.3) is 0 Å². The van der Waals surface area contributed by atoms with E-state index in [1.54, 1.807) is 0 Å². The summed E-state index contributed by atoms with van der Waals surface area (Å²) in [4.78, 5) is 11.3. The van der Waals surface area contributed by atoms with E-state index in [9.17, 15) is 13.2 Å². The molecule has 0 radical (unpaired) electrons. The standard InChI is InChI=1S/C13H23NO6S2/c1-9(15)14-10(4-5-22(16,17)18)6-13(2,3)7-11-8-19-12(21)20-11/h10-11H,4-8H2,1-3H3,(H,14,15)(H,16,17,18). The Morgan fingerprint density at radius 1 is 1.55 bits per heavy atom. The minimum atomic E-state index is -4.05. The number of hydrogen-bond donors (Lipinski definition) is 2. The van der Waals surface area contributed by atoms with Crippen molar-refractivity contribution in [3.8, 4) is 0 Å². The van der Waals surface area contributed by atoms with Gasteiger partial charge in [-0.25, -0.2) is 0 Å². The minimum absolute atomic E-state index is 0.137. The molecule has 0 aliphatic carbocycles. The summed E-state index contributed by atoms with van der Waals surface area (Å²) in [5.41, 5.74) is -0.222. The van der Waals surface area contributed by atoms with Crippen molar-refractivity contribution in [3.63, 3.8) is 0 Å². The second-order valence-electron chi connectivity index (χ2n) is 6.35. The Kier molecular flexibility index (Phi) is 6.57. The molecule has 2 unspecified atom stereocenters. The van der Waals surface area contributed by atoms with Crippen LogP contribution in [0.15, 0.2) is 0 Å². The third-order valence-electron chi connectivity index (χ3n) is 3.36. The van der Waals surface area contributed by atoms with E-state index in [2.05, 4.69) is 5.32 Å². The zero-order valence-electron chi connectivity index (χ0n) is 13.0. The van der Waals surface area contributed by atoms with Gasteiger partial charge in [-0.05, 0) is 24.7 Å². The quantitative estimate of drug-likeness (QED) is 0.500. The normalized spacial score (nSPS) is 20.2. The van der Waals surface area contributed by atoms with Gasteiger partial charge in [0.05, 0.1) is 5.75 Å². The Bertz CT molecular complexity index is 517. The van der Waals surface area contributed by atoms with Gasteiger partial charge < -0.3 is 14.8 Å². The molecule has 0 spiro atoms. The van der Waals surface area contributed by atoms with E-state index in [1.807, 2.05) is 13.8 Å². The zero-order chi connectivity index (χ0) is 17.0. The molecular formula is C13H23NO6S2. The van der Waals surface area contributed by atoms with Gasteiger partial charge in [0.15, 0.2) is 0 Å². The van der Waals surface area contributed by atoms with Gasteiger partial charge in [0.25, 0.3) is 10.1 Å². The highest BCUT2D eigenvalue weighted by atomic mass is 32.2. The van der Waals surface area contributed by atoms with E-state index in [0.717, 1.165) is 0 Å². The molecular weight excluding hydrogens is 330 g/mol.